The fourth-order valence-corrected chi connectivity index (χ4v) is 2.25. The van der Waals surface area contributed by atoms with Crippen molar-refractivity contribution in [1.29, 1.82) is 0 Å². The number of carbonyl (C=O) groups is 1. The molecule has 4 nitrogen and oxygen atoms in total. The second-order valence-electron chi connectivity index (χ2n) is 4.12. The molecule has 2 rings (SSSR count). The lowest BCUT2D eigenvalue weighted by molar-refractivity contribution is 0.0951. The molecule has 0 radical (unpaired) electrons. The van der Waals surface area contributed by atoms with Crippen molar-refractivity contribution < 1.29 is 13.2 Å². The van der Waals surface area contributed by atoms with Crippen LogP contribution in [0.1, 0.15) is 23.2 Å². The van der Waals surface area contributed by atoms with Gasteiger partial charge in [0.1, 0.15) is 0 Å². The Bertz CT molecular complexity index is 537. The fourth-order valence-electron chi connectivity index (χ4n) is 1.45. The molecule has 0 atom stereocenters. The largest absolute Gasteiger partial charge is 0.352 e. The van der Waals surface area contributed by atoms with Crippen molar-refractivity contribution in [3.8, 4) is 0 Å². The van der Waals surface area contributed by atoms with Gasteiger partial charge in [0.2, 0.25) is 0 Å². The first-order chi connectivity index (χ1) is 7.97. The van der Waals surface area contributed by atoms with Gasteiger partial charge in [0, 0.05) is 22.8 Å². The van der Waals surface area contributed by atoms with E-state index in [4.69, 9.17) is 10.7 Å². The molecule has 1 N–H and O–H groups in total. The van der Waals surface area contributed by atoms with E-state index in [-0.39, 0.29) is 10.8 Å². The monoisotopic (exact) mass is 273 g/mol. The van der Waals surface area contributed by atoms with Crippen LogP contribution in [0.4, 0.5) is 0 Å². The minimum absolute atomic E-state index is 0.0572. The molecule has 1 amide bonds. The lowest BCUT2D eigenvalue weighted by Crippen LogP contribution is -2.25. The predicted octanol–water partition coefficient (Wildman–Crippen LogP) is 1.75. The molecule has 1 saturated carbocycles. The van der Waals surface area contributed by atoms with Gasteiger partial charge in [-0.3, -0.25) is 4.79 Å². The van der Waals surface area contributed by atoms with E-state index >= 15 is 0 Å². The van der Waals surface area contributed by atoms with Crippen LogP contribution in [0.5, 0.6) is 0 Å². The highest BCUT2D eigenvalue weighted by Gasteiger charge is 2.22. The molecular formula is C11H12ClNO3S. The molecule has 1 aliphatic carbocycles. The van der Waals surface area contributed by atoms with E-state index in [1.54, 1.807) is 6.07 Å². The van der Waals surface area contributed by atoms with Crippen LogP contribution < -0.4 is 5.32 Å². The molecule has 0 heterocycles. The van der Waals surface area contributed by atoms with Crippen molar-refractivity contribution in [2.75, 3.05) is 6.54 Å². The summed E-state index contributed by atoms with van der Waals surface area (Å²) in [7, 11) is 1.43. The molecule has 0 spiro atoms. The smallest absolute Gasteiger partial charge is 0.261 e. The maximum Gasteiger partial charge on any atom is 0.261 e. The number of hydrogen-bond donors (Lipinski definition) is 1. The molecule has 92 valence electrons. The van der Waals surface area contributed by atoms with Gasteiger partial charge in [-0.2, -0.15) is 0 Å². The second-order valence-corrected chi connectivity index (χ2v) is 6.69. The van der Waals surface area contributed by atoms with Crippen molar-refractivity contribution in [2.24, 2.45) is 5.92 Å². The average Bonchev–Trinajstić information content (AvgIpc) is 3.09. The highest BCUT2D eigenvalue weighted by atomic mass is 35.7. The van der Waals surface area contributed by atoms with E-state index in [1.165, 1.54) is 18.2 Å². The molecule has 1 aliphatic rings. The normalized spacial score (nSPS) is 15.6. The molecule has 1 aromatic carbocycles. The second kappa shape index (κ2) is 4.66. The van der Waals surface area contributed by atoms with Gasteiger partial charge in [-0.05, 0) is 37.0 Å². The van der Waals surface area contributed by atoms with Crippen LogP contribution in [0.15, 0.2) is 29.2 Å². The Labute approximate surface area is 104 Å². The Balaban J connectivity index is 2.11. The summed E-state index contributed by atoms with van der Waals surface area (Å²) >= 11 is 0. The van der Waals surface area contributed by atoms with E-state index in [9.17, 15) is 13.2 Å². The van der Waals surface area contributed by atoms with E-state index in [2.05, 4.69) is 5.32 Å². The summed E-state index contributed by atoms with van der Waals surface area (Å²) in [6.07, 6.45) is 2.30. The van der Waals surface area contributed by atoms with Crippen molar-refractivity contribution >= 4 is 25.6 Å². The molecule has 0 unspecified atom stereocenters. The standard InChI is InChI=1S/C11H12ClNO3S/c12-17(15,16)10-3-1-2-9(6-10)11(14)13-7-8-4-5-8/h1-3,6,8H,4-5,7H2,(H,13,14). The number of nitrogens with one attached hydrogen (secondary N) is 1. The maximum absolute atomic E-state index is 11.7. The van der Waals surface area contributed by atoms with E-state index < -0.39 is 9.05 Å². The zero-order valence-corrected chi connectivity index (χ0v) is 10.6. The zero-order chi connectivity index (χ0) is 12.5. The summed E-state index contributed by atoms with van der Waals surface area (Å²) in [5, 5.41) is 2.76. The van der Waals surface area contributed by atoms with Crippen LogP contribution in [0.25, 0.3) is 0 Å². The molecule has 17 heavy (non-hydrogen) atoms. The first-order valence-electron chi connectivity index (χ1n) is 5.30. The third-order valence-electron chi connectivity index (χ3n) is 2.63. The summed E-state index contributed by atoms with van der Waals surface area (Å²) in [4.78, 5) is 11.6. The number of rotatable bonds is 4. The quantitative estimate of drug-likeness (QED) is 0.850. The summed E-state index contributed by atoms with van der Waals surface area (Å²) in [5.41, 5.74) is 0.312. The van der Waals surface area contributed by atoms with Crippen LogP contribution >= 0.6 is 10.7 Å². The zero-order valence-electron chi connectivity index (χ0n) is 9.02. The molecule has 0 bridgehead atoms. The van der Waals surface area contributed by atoms with E-state index in [0.29, 0.717) is 18.0 Å². The number of carbonyl (C=O) groups excluding carboxylic acids is 1. The SMILES string of the molecule is O=C(NCC1CC1)c1cccc(S(=O)(=O)Cl)c1. The summed E-state index contributed by atoms with van der Waals surface area (Å²) < 4.78 is 22.2. The number of amides is 1. The van der Waals surface area contributed by atoms with Crippen LogP contribution in [-0.2, 0) is 9.05 Å². The molecule has 0 aromatic heterocycles. The van der Waals surface area contributed by atoms with Gasteiger partial charge < -0.3 is 5.32 Å². The van der Waals surface area contributed by atoms with E-state index in [1.807, 2.05) is 0 Å². The van der Waals surface area contributed by atoms with Crippen molar-refractivity contribution in [3.63, 3.8) is 0 Å². The lowest BCUT2D eigenvalue weighted by Gasteiger charge is -2.04. The summed E-state index contributed by atoms with van der Waals surface area (Å²) in [5.74, 6) is 0.318. The Morgan fingerprint density at radius 2 is 2.12 bits per heavy atom. The Morgan fingerprint density at radius 3 is 2.71 bits per heavy atom. The van der Waals surface area contributed by atoms with Crippen molar-refractivity contribution in [3.05, 3.63) is 29.8 Å². The minimum atomic E-state index is -3.79. The average molecular weight is 274 g/mol. The van der Waals surface area contributed by atoms with Gasteiger partial charge >= 0.3 is 0 Å². The van der Waals surface area contributed by atoms with Gasteiger partial charge in [0.25, 0.3) is 15.0 Å². The van der Waals surface area contributed by atoms with Crippen LogP contribution in [0.3, 0.4) is 0 Å². The lowest BCUT2D eigenvalue weighted by atomic mass is 10.2. The molecule has 1 aromatic rings. The Hall–Kier alpha value is -1.07. The molecular weight excluding hydrogens is 262 g/mol. The first-order valence-corrected chi connectivity index (χ1v) is 7.60. The Morgan fingerprint density at radius 1 is 1.41 bits per heavy atom. The Kier molecular flexibility index (Phi) is 3.40. The number of benzene rings is 1. The fraction of sp³-hybridized carbons (Fsp3) is 0.364. The molecule has 6 heteroatoms. The number of halogens is 1. The molecule has 0 aliphatic heterocycles. The van der Waals surface area contributed by atoms with Crippen LogP contribution in [-0.4, -0.2) is 20.9 Å². The van der Waals surface area contributed by atoms with Crippen LogP contribution in [0.2, 0.25) is 0 Å². The van der Waals surface area contributed by atoms with Crippen molar-refractivity contribution in [1.82, 2.24) is 5.32 Å². The van der Waals surface area contributed by atoms with Gasteiger partial charge in [-0.1, -0.05) is 6.07 Å². The van der Waals surface area contributed by atoms with Gasteiger partial charge in [-0.25, -0.2) is 8.42 Å². The number of hydrogen-bond acceptors (Lipinski definition) is 3. The topological polar surface area (TPSA) is 63.2 Å². The third kappa shape index (κ3) is 3.44. The maximum atomic E-state index is 11.7. The van der Waals surface area contributed by atoms with Gasteiger partial charge in [0.05, 0.1) is 4.90 Å². The minimum Gasteiger partial charge on any atom is -0.352 e. The predicted molar refractivity (Wildman–Crippen MR) is 64.5 cm³/mol. The highest BCUT2D eigenvalue weighted by Crippen LogP contribution is 2.27. The molecule has 0 saturated heterocycles. The highest BCUT2D eigenvalue weighted by molar-refractivity contribution is 8.13. The van der Waals surface area contributed by atoms with E-state index in [0.717, 1.165) is 12.8 Å². The van der Waals surface area contributed by atoms with Crippen molar-refractivity contribution in [2.45, 2.75) is 17.7 Å². The summed E-state index contributed by atoms with van der Waals surface area (Å²) in [6, 6.07) is 5.71. The first kappa shape index (κ1) is 12.4. The summed E-state index contributed by atoms with van der Waals surface area (Å²) in [6.45, 7) is 0.649. The van der Waals surface area contributed by atoms with Gasteiger partial charge in [-0.15, -0.1) is 0 Å². The third-order valence-corrected chi connectivity index (χ3v) is 3.98. The molecule has 1 fully saturated rings. The van der Waals surface area contributed by atoms with Crippen LogP contribution in [0, 0.1) is 5.92 Å². The van der Waals surface area contributed by atoms with Gasteiger partial charge in [0.15, 0.2) is 0 Å².